The van der Waals surface area contributed by atoms with Gasteiger partial charge < -0.3 is 26.4 Å². The number of carbonyl (C=O) groups is 2. The molecule has 1 unspecified atom stereocenters. The Morgan fingerprint density at radius 2 is 1.84 bits per heavy atom. The van der Waals surface area contributed by atoms with E-state index in [2.05, 4.69) is 5.32 Å². The van der Waals surface area contributed by atoms with Crippen LogP contribution in [-0.2, 0) is 16.0 Å². The van der Waals surface area contributed by atoms with Crippen molar-refractivity contribution >= 4 is 11.9 Å². The predicted molar refractivity (Wildman–Crippen MR) is 66.4 cm³/mol. The minimum absolute atomic E-state index is 0.117. The average Bonchev–Trinajstić information content (AvgIpc) is 2.37. The Morgan fingerprint density at radius 3 is 2.37 bits per heavy atom. The van der Waals surface area contributed by atoms with Crippen LogP contribution in [0.15, 0.2) is 24.3 Å². The summed E-state index contributed by atoms with van der Waals surface area (Å²) in [6.07, 6.45) is -1.40. The van der Waals surface area contributed by atoms with E-state index >= 15 is 0 Å². The molecular weight excluding hydrogens is 252 g/mol. The highest BCUT2D eigenvalue weighted by Gasteiger charge is 2.18. The van der Waals surface area contributed by atoms with Crippen LogP contribution >= 0.6 is 0 Å². The number of benzene rings is 1. The number of phenolic OH excluding ortho intramolecular Hbond substituents is 1. The number of nitrogens with one attached hydrogen (secondary N) is 1. The maximum Gasteiger partial charge on any atom is 0.334 e. The van der Waals surface area contributed by atoms with Gasteiger partial charge in [-0.05, 0) is 24.1 Å². The number of phenols is 1. The summed E-state index contributed by atoms with van der Waals surface area (Å²) in [5.74, 6) is -1.84. The molecule has 0 saturated carbocycles. The summed E-state index contributed by atoms with van der Waals surface area (Å²) in [4.78, 5) is 21.9. The predicted octanol–water partition coefficient (Wildman–Crippen LogP) is -1.18. The van der Waals surface area contributed by atoms with Gasteiger partial charge >= 0.3 is 5.97 Å². The second kappa shape index (κ2) is 6.72. The summed E-state index contributed by atoms with van der Waals surface area (Å²) in [7, 11) is 0. The number of rotatable bonds is 6. The monoisotopic (exact) mass is 268 g/mol. The number of aliphatic carboxylic acids is 1. The number of carboxylic acid groups (broad SMARTS) is 1. The topological polar surface area (TPSA) is 133 Å². The number of nitrogens with two attached hydrogens (primary N) is 1. The maximum atomic E-state index is 11.6. The molecule has 19 heavy (non-hydrogen) atoms. The van der Waals surface area contributed by atoms with Crippen molar-refractivity contribution in [3.05, 3.63) is 29.8 Å². The van der Waals surface area contributed by atoms with Crippen LogP contribution in [0.1, 0.15) is 5.56 Å². The Kier molecular flexibility index (Phi) is 5.28. The third kappa shape index (κ3) is 4.94. The summed E-state index contributed by atoms with van der Waals surface area (Å²) in [5, 5.41) is 28.8. The first-order valence-electron chi connectivity index (χ1n) is 5.62. The lowest BCUT2D eigenvalue weighted by atomic mass is 10.1. The second-order valence-electron chi connectivity index (χ2n) is 4.08. The summed E-state index contributed by atoms with van der Waals surface area (Å²) in [6.45, 7) is -0.391. The van der Waals surface area contributed by atoms with E-state index in [1.165, 1.54) is 12.1 Å². The normalized spacial score (nSPS) is 13.6. The van der Waals surface area contributed by atoms with E-state index in [-0.39, 0.29) is 12.2 Å². The van der Waals surface area contributed by atoms with Crippen molar-refractivity contribution < 1.29 is 24.9 Å². The zero-order chi connectivity index (χ0) is 14.4. The Morgan fingerprint density at radius 1 is 1.26 bits per heavy atom. The first kappa shape index (κ1) is 14.9. The van der Waals surface area contributed by atoms with Crippen LogP contribution in [-0.4, -0.2) is 45.9 Å². The quantitative estimate of drug-likeness (QED) is 0.441. The number of carboxylic acids is 1. The molecule has 7 nitrogen and oxygen atoms in total. The molecule has 7 heteroatoms. The van der Waals surface area contributed by atoms with Crippen molar-refractivity contribution in [1.82, 2.24) is 5.32 Å². The third-order valence-electron chi connectivity index (χ3n) is 2.48. The van der Waals surface area contributed by atoms with Gasteiger partial charge in [0.2, 0.25) is 5.91 Å². The molecule has 0 aliphatic heterocycles. The zero-order valence-electron chi connectivity index (χ0n) is 10.1. The van der Waals surface area contributed by atoms with Crippen molar-refractivity contribution in [3.8, 4) is 5.75 Å². The van der Waals surface area contributed by atoms with Gasteiger partial charge in [0.05, 0.1) is 12.6 Å². The van der Waals surface area contributed by atoms with E-state index in [0.717, 1.165) is 5.56 Å². The summed E-state index contributed by atoms with van der Waals surface area (Å²) < 4.78 is 0. The molecule has 1 aromatic carbocycles. The first-order chi connectivity index (χ1) is 8.90. The highest BCUT2D eigenvalue weighted by Crippen LogP contribution is 2.10. The molecule has 0 aromatic heterocycles. The first-order valence-corrected chi connectivity index (χ1v) is 5.62. The number of amides is 1. The number of hydrogen-bond donors (Lipinski definition) is 5. The second-order valence-corrected chi connectivity index (χ2v) is 4.08. The Bertz CT molecular complexity index is 446. The fourth-order valence-corrected chi connectivity index (χ4v) is 1.39. The molecule has 0 radical (unpaired) electrons. The van der Waals surface area contributed by atoms with Gasteiger partial charge in [0.1, 0.15) is 5.75 Å². The summed E-state index contributed by atoms with van der Waals surface area (Å²) in [6, 6.07) is 5.37. The average molecular weight is 268 g/mol. The van der Waals surface area contributed by atoms with Crippen LogP contribution in [0, 0.1) is 0 Å². The Balaban J connectivity index is 2.44. The highest BCUT2D eigenvalue weighted by atomic mass is 16.4. The minimum Gasteiger partial charge on any atom is -0.508 e. The van der Waals surface area contributed by atoms with Gasteiger partial charge in [-0.3, -0.25) is 4.79 Å². The third-order valence-corrected chi connectivity index (χ3v) is 2.48. The van der Waals surface area contributed by atoms with E-state index < -0.39 is 30.6 Å². The lowest BCUT2D eigenvalue weighted by molar-refractivity contribution is -0.146. The number of carbonyl (C=O) groups excluding carboxylic acids is 1. The standard InChI is InChI=1S/C12H16N2O5/c13-9(5-7-1-3-8(15)4-2-7)11(17)14-6-10(16)12(18)19/h1-4,9-10,15-16H,5-6,13H2,(H,14,17)(H,18,19)/t9-,10?/m0/s1. The maximum absolute atomic E-state index is 11.6. The molecule has 0 bridgehead atoms. The van der Waals surface area contributed by atoms with Crippen LogP contribution in [0.4, 0.5) is 0 Å². The number of hydrogen-bond acceptors (Lipinski definition) is 5. The van der Waals surface area contributed by atoms with Crippen LogP contribution in [0.5, 0.6) is 5.75 Å². The molecule has 0 fully saturated rings. The molecule has 0 aliphatic carbocycles. The van der Waals surface area contributed by atoms with Gasteiger partial charge in [-0.2, -0.15) is 0 Å². The fraction of sp³-hybridized carbons (Fsp3) is 0.333. The highest BCUT2D eigenvalue weighted by molar-refractivity contribution is 5.82. The summed E-state index contributed by atoms with van der Waals surface area (Å²) in [5.41, 5.74) is 6.41. The minimum atomic E-state index is -1.65. The Hall–Kier alpha value is -2.12. The van der Waals surface area contributed by atoms with Crippen LogP contribution < -0.4 is 11.1 Å². The molecule has 104 valence electrons. The molecular formula is C12H16N2O5. The van der Waals surface area contributed by atoms with E-state index in [1.807, 2.05) is 0 Å². The molecule has 1 aromatic rings. The van der Waals surface area contributed by atoms with Crippen molar-refractivity contribution in [2.24, 2.45) is 5.73 Å². The van der Waals surface area contributed by atoms with Gasteiger partial charge in [-0.15, -0.1) is 0 Å². The van der Waals surface area contributed by atoms with Gasteiger partial charge in [-0.1, -0.05) is 12.1 Å². The molecule has 1 rings (SSSR count). The van der Waals surface area contributed by atoms with Gasteiger partial charge in [-0.25, -0.2) is 4.79 Å². The van der Waals surface area contributed by atoms with Gasteiger partial charge in [0.15, 0.2) is 6.10 Å². The zero-order valence-corrected chi connectivity index (χ0v) is 10.1. The van der Waals surface area contributed by atoms with Gasteiger partial charge in [0, 0.05) is 0 Å². The van der Waals surface area contributed by atoms with Crippen LogP contribution in [0.25, 0.3) is 0 Å². The van der Waals surface area contributed by atoms with Crippen LogP contribution in [0.2, 0.25) is 0 Å². The lowest BCUT2D eigenvalue weighted by Gasteiger charge is -2.13. The van der Waals surface area contributed by atoms with Crippen molar-refractivity contribution in [2.75, 3.05) is 6.54 Å². The van der Waals surface area contributed by atoms with Crippen molar-refractivity contribution in [2.45, 2.75) is 18.6 Å². The van der Waals surface area contributed by atoms with Crippen molar-refractivity contribution in [1.29, 1.82) is 0 Å². The summed E-state index contributed by atoms with van der Waals surface area (Å²) >= 11 is 0. The Labute approximate surface area is 109 Å². The van der Waals surface area contributed by atoms with E-state index in [9.17, 15) is 9.59 Å². The van der Waals surface area contributed by atoms with Gasteiger partial charge in [0.25, 0.3) is 0 Å². The number of aromatic hydroxyl groups is 1. The van der Waals surface area contributed by atoms with E-state index in [0.29, 0.717) is 0 Å². The lowest BCUT2D eigenvalue weighted by Crippen LogP contribution is -2.45. The smallest absolute Gasteiger partial charge is 0.334 e. The molecule has 6 N–H and O–H groups in total. The molecule has 0 aliphatic rings. The van der Waals surface area contributed by atoms with Crippen LogP contribution in [0.3, 0.4) is 0 Å². The molecule has 0 saturated heterocycles. The number of aliphatic hydroxyl groups is 1. The van der Waals surface area contributed by atoms with E-state index in [1.54, 1.807) is 12.1 Å². The largest absolute Gasteiger partial charge is 0.508 e. The van der Waals surface area contributed by atoms with Crippen molar-refractivity contribution in [3.63, 3.8) is 0 Å². The molecule has 0 heterocycles. The SMILES string of the molecule is N[C@@H](Cc1ccc(O)cc1)C(=O)NCC(O)C(=O)O. The van der Waals surface area contributed by atoms with E-state index in [4.69, 9.17) is 21.1 Å². The molecule has 1 amide bonds. The number of aliphatic hydroxyl groups excluding tert-OH is 1. The molecule has 2 atom stereocenters. The fourth-order valence-electron chi connectivity index (χ4n) is 1.39. The molecule has 0 spiro atoms.